The van der Waals surface area contributed by atoms with Gasteiger partial charge in [-0.25, -0.2) is 0 Å². The van der Waals surface area contributed by atoms with Crippen LogP contribution in [0.3, 0.4) is 0 Å². The first-order valence-corrected chi connectivity index (χ1v) is 6.27. The van der Waals surface area contributed by atoms with Crippen LogP contribution in [0.15, 0.2) is 29.5 Å². The zero-order valence-electron chi connectivity index (χ0n) is 11.1. The molecule has 1 aromatic rings. The highest BCUT2D eigenvalue weighted by molar-refractivity contribution is 5.79. The molecule has 0 fully saturated rings. The second-order valence-corrected chi connectivity index (χ2v) is 4.53. The van der Waals surface area contributed by atoms with Gasteiger partial charge in [-0.2, -0.15) is 0 Å². The normalized spacial score (nSPS) is 11.9. The second kappa shape index (κ2) is 7.76. The molecule has 0 amide bonds. The number of aliphatic imine (C=N–C) groups is 1. The monoisotopic (exact) mass is 236 g/mol. The fraction of sp³-hybridized carbons (Fsp3) is 0.615. The van der Waals surface area contributed by atoms with Crippen LogP contribution in [0.5, 0.6) is 0 Å². The van der Waals surface area contributed by atoms with Crippen LogP contribution in [0.4, 0.5) is 0 Å². The van der Waals surface area contributed by atoms with Crippen molar-refractivity contribution in [1.29, 1.82) is 0 Å². The molecule has 4 nitrogen and oxygen atoms in total. The summed E-state index contributed by atoms with van der Waals surface area (Å²) < 4.78 is 2.15. The minimum absolute atomic E-state index is 0.723. The smallest absolute Gasteiger partial charge is 0.191 e. The second-order valence-electron chi connectivity index (χ2n) is 4.53. The molecule has 0 saturated heterocycles. The molecule has 0 aliphatic heterocycles. The molecule has 17 heavy (non-hydrogen) atoms. The lowest BCUT2D eigenvalue weighted by Gasteiger charge is -2.13. The Morgan fingerprint density at radius 3 is 2.41 bits per heavy atom. The zero-order chi connectivity index (χ0) is 12.5. The topological polar surface area (TPSA) is 41.4 Å². The number of guanidine groups is 1. The number of nitrogens with one attached hydrogen (secondary N) is 2. The van der Waals surface area contributed by atoms with E-state index in [1.165, 1.54) is 0 Å². The Morgan fingerprint density at radius 1 is 1.18 bits per heavy atom. The first kappa shape index (κ1) is 13.6. The number of aromatic nitrogens is 1. The third-order valence-electron chi connectivity index (χ3n) is 2.57. The van der Waals surface area contributed by atoms with E-state index < -0.39 is 0 Å². The molecule has 0 aromatic carbocycles. The van der Waals surface area contributed by atoms with Crippen molar-refractivity contribution in [3.63, 3.8) is 0 Å². The number of hydrogen-bond donors (Lipinski definition) is 2. The van der Waals surface area contributed by atoms with Crippen LogP contribution < -0.4 is 10.6 Å². The molecule has 2 N–H and O–H groups in total. The third kappa shape index (κ3) is 6.00. The maximum Gasteiger partial charge on any atom is 0.191 e. The maximum absolute atomic E-state index is 4.19. The van der Waals surface area contributed by atoms with Gasteiger partial charge >= 0.3 is 0 Å². The van der Waals surface area contributed by atoms with Gasteiger partial charge in [-0.3, -0.25) is 4.99 Å². The van der Waals surface area contributed by atoms with E-state index >= 15 is 0 Å². The Hall–Kier alpha value is -1.45. The number of rotatable bonds is 6. The molecule has 0 bridgehead atoms. The van der Waals surface area contributed by atoms with Crippen molar-refractivity contribution in [3.8, 4) is 0 Å². The third-order valence-corrected chi connectivity index (χ3v) is 2.57. The standard InChI is InChI=1S/C13H24N4/c1-12(2)6-7-15-13(14-3)16-8-11-17-9-4-5-10-17/h4-5,9-10,12H,6-8,11H2,1-3H3,(H2,14,15,16). The highest BCUT2D eigenvalue weighted by atomic mass is 15.2. The van der Waals surface area contributed by atoms with Gasteiger partial charge in [-0.1, -0.05) is 13.8 Å². The predicted molar refractivity (Wildman–Crippen MR) is 73.3 cm³/mol. The number of hydrogen-bond acceptors (Lipinski definition) is 1. The lowest BCUT2D eigenvalue weighted by molar-refractivity contribution is 0.571. The van der Waals surface area contributed by atoms with E-state index in [9.17, 15) is 0 Å². The van der Waals surface area contributed by atoms with E-state index in [0.717, 1.165) is 37.9 Å². The predicted octanol–water partition coefficient (Wildman–Crippen LogP) is 1.70. The Balaban J connectivity index is 2.15. The Labute approximate surface area is 104 Å². The molecule has 0 unspecified atom stereocenters. The Kier molecular flexibility index (Phi) is 6.22. The first-order valence-electron chi connectivity index (χ1n) is 6.27. The molecule has 0 saturated carbocycles. The fourth-order valence-electron chi connectivity index (χ4n) is 1.52. The van der Waals surface area contributed by atoms with Crippen LogP contribution in [-0.2, 0) is 6.54 Å². The van der Waals surface area contributed by atoms with Gasteiger partial charge in [-0.05, 0) is 24.5 Å². The van der Waals surface area contributed by atoms with Crippen molar-refractivity contribution in [3.05, 3.63) is 24.5 Å². The van der Waals surface area contributed by atoms with Gasteiger partial charge in [0.1, 0.15) is 0 Å². The lowest BCUT2D eigenvalue weighted by Crippen LogP contribution is -2.39. The van der Waals surface area contributed by atoms with Gasteiger partial charge in [0.15, 0.2) is 5.96 Å². The molecule has 1 rings (SSSR count). The summed E-state index contributed by atoms with van der Waals surface area (Å²) in [4.78, 5) is 4.19. The van der Waals surface area contributed by atoms with Gasteiger partial charge < -0.3 is 15.2 Å². The summed E-state index contributed by atoms with van der Waals surface area (Å²) in [6.45, 7) is 7.27. The largest absolute Gasteiger partial charge is 0.356 e. The average Bonchev–Trinajstić information content (AvgIpc) is 2.79. The zero-order valence-corrected chi connectivity index (χ0v) is 11.1. The Bertz CT molecular complexity index is 314. The molecule has 96 valence electrons. The van der Waals surface area contributed by atoms with E-state index in [1.807, 2.05) is 12.1 Å². The maximum atomic E-state index is 4.19. The highest BCUT2D eigenvalue weighted by Crippen LogP contribution is 1.95. The molecule has 0 radical (unpaired) electrons. The molecule has 1 aromatic heterocycles. The summed E-state index contributed by atoms with van der Waals surface area (Å²) >= 11 is 0. The SMILES string of the molecule is CN=C(NCCC(C)C)NCCn1cccc1. The van der Waals surface area contributed by atoms with Crippen molar-refractivity contribution in [2.45, 2.75) is 26.8 Å². The number of nitrogens with zero attached hydrogens (tertiary/aromatic N) is 2. The first-order chi connectivity index (χ1) is 8.22. The molecule has 1 heterocycles. The average molecular weight is 236 g/mol. The van der Waals surface area contributed by atoms with Crippen LogP contribution in [-0.4, -0.2) is 30.7 Å². The molecule has 0 spiro atoms. The van der Waals surface area contributed by atoms with Crippen molar-refractivity contribution >= 4 is 5.96 Å². The molecule has 0 aliphatic carbocycles. The van der Waals surface area contributed by atoms with Crippen molar-refractivity contribution < 1.29 is 0 Å². The minimum atomic E-state index is 0.723. The van der Waals surface area contributed by atoms with Crippen molar-refractivity contribution in [1.82, 2.24) is 15.2 Å². The van der Waals surface area contributed by atoms with E-state index in [2.05, 4.69) is 46.4 Å². The van der Waals surface area contributed by atoms with Crippen LogP contribution in [0.2, 0.25) is 0 Å². The van der Waals surface area contributed by atoms with Crippen molar-refractivity contribution in [2.24, 2.45) is 10.9 Å². The van der Waals surface area contributed by atoms with Gasteiger partial charge in [0.2, 0.25) is 0 Å². The minimum Gasteiger partial charge on any atom is -0.356 e. The van der Waals surface area contributed by atoms with Crippen LogP contribution in [0, 0.1) is 5.92 Å². The summed E-state index contributed by atoms with van der Waals surface area (Å²) in [5.74, 6) is 1.61. The molecule has 0 aliphatic rings. The van der Waals surface area contributed by atoms with Gasteiger partial charge in [0.05, 0.1) is 0 Å². The van der Waals surface area contributed by atoms with E-state index in [-0.39, 0.29) is 0 Å². The summed E-state index contributed by atoms with van der Waals surface area (Å²) in [6.07, 6.45) is 5.30. The van der Waals surface area contributed by atoms with E-state index in [1.54, 1.807) is 7.05 Å². The van der Waals surface area contributed by atoms with Crippen LogP contribution in [0.1, 0.15) is 20.3 Å². The van der Waals surface area contributed by atoms with Crippen LogP contribution >= 0.6 is 0 Å². The molecule has 4 heteroatoms. The summed E-state index contributed by atoms with van der Waals surface area (Å²) in [6, 6.07) is 4.07. The summed E-state index contributed by atoms with van der Waals surface area (Å²) in [5, 5.41) is 6.61. The Morgan fingerprint density at radius 2 is 1.82 bits per heavy atom. The molecular formula is C13H24N4. The molecular weight excluding hydrogens is 212 g/mol. The van der Waals surface area contributed by atoms with Crippen molar-refractivity contribution in [2.75, 3.05) is 20.1 Å². The van der Waals surface area contributed by atoms with E-state index in [4.69, 9.17) is 0 Å². The lowest BCUT2D eigenvalue weighted by atomic mass is 10.1. The van der Waals surface area contributed by atoms with Crippen LogP contribution in [0.25, 0.3) is 0 Å². The summed E-state index contributed by atoms with van der Waals surface area (Å²) in [5.41, 5.74) is 0. The highest BCUT2D eigenvalue weighted by Gasteiger charge is 1.98. The quantitative estimate of drug-likeness (QED) is 0.583. The fourth-order valence-corrected chi connectivity index (χ4v) is 1.52. The van der Waals surface area contributed by atoms with Gasteiger partial charge in [0, 0.05) is 39.1 Å². The van der Waals surface area contributed by atoms with E-state index in [0.29, 0.717) is 0 Å². The molecule has 0 atom stereocenters. The van der Waals surface area contributed by atoms with Gasteiger partial charge in [-0.15, -0.1) is 0 Å². The van der Waals surface area contributed by atoms with Gasteiger partial charge in [0.25, 0.3) is 0 Å². The summed E-state index contributed by atoms with van der Waals surface area (Å²) in [7, 11) is 1.81.